The number of nitrogens with zero attached hydrogens (tertiary/aromatic N) is 1. The normalized spacial score (nSPS) is 18.8. The Morgan fingerprint density at radius 3 is 2.52 bits per heavy atom. The number of benzene rings is 3. The zero-order valence-electron chi connectivity index (χ0n) is 15.6. The van der Waals surface area contributed by atoms with E-state index in [1.54, 1.807) is 37.3 Å². The minimum Gasteiger partial charge on any atom is -0.324 e. The lowest BCUT2D eigenvalue weighted by Gasteiger charge is -2.23. The zero-order valence-corrected chi connectivity index (χ0v) is 16.4. The van der Waals surface area contributed by atoms with Crippen LogP contribution in [-0.2, 0) is 15.1 Å². The molecule has 1 aliphatic rings. The molecule has 1 saturated heterocycles. The molecule has 146 valence electrons. The largest absolute Gasteiger partial charge is 0.325 e. The van der Waals surface area contributed by atoms with Gasteiger partial charge >= 0.3 is 6.03 Å². The topological polar surface area (TPSA) is 78.5 Å². The molecule has 0 unspecified atom stereocenters. The number of amides is 4. The van der Waals surface area contributed by atoms with Crippen LogP contribution >= 0.6 is 11.6 Å². The monoisotopic (exact) mass is 407 g/mol. The number of rotatable bonds is 4. The molecule has 0 bridgehead atoms. The second-order valence-electron chi connectivity index (χ2n) is 7.00. The van der Waals surface area contributed by atoms with Gasteiger partial charge in [-0.25, -0.2) is 4.79 Å². The van der Waals surface area contributed by atoms with Crippen LogP contribution < -0.4 is 10.6 Å². The molecule has 4 rings (SSSR count). The van der Waals surface area contributed by atoms with Crippen molar-refractivity contribution < 1.29 is 14.4 Å². The lowest BCUT2D eigenvalue weighted by Crippen LogP contribution is -2.42. The first kappa shape index (κ1) is 19.0. The van der Waals surface area contributed by atoms with E-state index in [0.29, 0.717) is 16.3 Å². The maximum absolute atomic E-state index is 13.0. The average molecular weight is 408 g/mol. The van der Waals surface area contributed by atoms with Gasteiger partial charge in [0.15, 0.2) is 0 Å². The Labute approximate surface area is 172 Å². The molecule has 1 atom stereocenters. The molecule has 1 aliphatic heterocycles. The molecule has 6 nitrogen and oxygen atoms in total. The summed E-state index contributed by atoms with van der Waals surface area (Å²) in [6.07, 6.45) is 0. The van der Waals surface area contributed by atoms with Gasteiger partial charge in [-0.3, -0.25) is 14.5 Å². The van der Waals surface area contributed by atoms with Crippen LogP contribution in [0.15, 0.2) is 66.7 Å². The first-order chi connectivity index (χ1) is 13.9. The van der Waals surface area contributed by atoms with Gasteiger partial charge in [-0.2, -0.15) is 0 Å². The van der Waals surface area contributed by atoms with Crippen LogP contribution in [0.25, 0.3) is 10.8 Å². The predicted octanol–water partition coefficient (Wildman–Crippen LogP) is 3.90. The lowest BCUT2D eigenvalue weighted by molar-refractivity contribution is -0.133. The molecular formula is C22H18ClN3O3. The lowest BCUT2D eigenvalue weighted by atomic mass is 9.92. The number of carbonyl (C=O) groups excluding carboxylic acids is 3. The highest BCUT2D eigenvalue weighted by atomic mass is 35.5. The van der Waals surface area contributed by atoms with Crippen molar-refractivity contribution in [1.82, 2.24) is 10.2 Å². The summed E-state index contributed by atoms with van der Waals surface area (Å²) >= 11 is 6.22. The van der Waals surface area contributed by atoms with E-state index in [2.05, 4.69) is 10.6 Å². The van der Waals surface area contributed by atoms with Crippen molar-refractivity contribution in [2.45, 2.75) is 12.5 Å². The van der Waals surface area contributed by atoms with Crippen molar-refractivity contribution in [2.75, 3.05) is 11.9 Å². The van der Waals surface area contributed by atoms with Crippen LogP contribution in [0.3, 0.4) is 0 Å². The summed E-state index contributed by atoms with van der Waals surface area (Å²) in [5.74, 6) is -0.989. The van der Waals surface area contributed by atoms with Crippen molar-refractivity contribution in [3.63, 3.8) is 0 Å². The van der Waals surface area contributed by atoms with Gasteiger partial charge in [-0.05, 0) is 24.4 Å². The number of urea groups is 1. The smallest absolute Gasteiger partial charge is 0.324 e. The van der Waals surface area contributed by atoms with E-state index in [4.69, 9.17) is 11.6 Å². The second kappa shape index (κ2) is 7.22. The molecule has 29 heavy (non-hydrogen) atoms. The molecule has 0 radical (unpaired) electrons. The predicted molar refractivity (Wildman–Crippen MR) is 112 cm³/mol. The number of carbonyl (C=O) groups is 3. The number of imide groups is 1. The summed E-state index contributed by atoms with van der Waals surface area (Å²) in [5.41, 5.74) is -0.221. The SMILES string of the molecule is C[C@@]1(c2ccccc2Cl)NC(=O)N(CC(=O)Nc2cccc3ccccc23)C1=O. The Morgan fingerprint density at radius 2 is 1.72 bits per heavy atom. The van der Waals surface area contributed by atoms with Crippen LogP contribution in [-0.4, -0.2) is 29.3 Å². The third kappa shape index (κ3) is 3.32. The molecule has 0 aliphatic carbocycles. The van der Waals surface area contributed by atoms with Gasteiger partial charge in [0, 0.05) is 21.7 Å². The first-order valence-electron chi connectivity index (χ1n) is 9.07. The molecule has 1 fully saturated rings. The van der Waals surface area contributed by atoms with Crippen molar-refractivity contribution in [1.29, 1.82) is 0 Å². The third-order valence-electron chi connectivity index (χ3n) is 5.05. The van der Waals surface area contributed by atoms with Crippen molar-refractivity contribution in [3.8, 4) is 0 Å². The summed E-state index contributed by atoms with van der Waals surface area (Å²) in [6.45, 7) is 1.19. The Balaban J connectivity index is 1.55. The van der Waals surface area contributed by atoms with Gasteiger partial charge in [-0.1, -0.05) is 66.2 Å². The maximum Gasteiger partial charge on any atom is 0.325 e. The van der Waals surface area contributed by atoms with Gasteiger partial charge in [0.1, 0.15) is 12.1 Å². The van der Waals surface area contributed by atoms with Crippen LogP contribution in [0, 0.1) is 0 Å². The van der Waals surface area contributed by atoms with Crippen LogP contribution in [0.4, 0.5) is 10.5 Å². The quantitative estimate of drug-likeness (QED) is 0.644. The van der Waals surface area contributed by atoms with E-state index >= 15 is 0 Å². The number of anilines is 1. The van der Waals surface area contributed by atoms with Gasteiger partial charge in [0.05, 0.1) is 0 Å². The Hall–Kier alpha value is -3.38. The van der Waals surface area contributed by atoms with Crippen LogP contribution in [0.5, 0.6) is 0 Å². The van der Waals surface area contributed by atoms with Crippen LogP contribution in [0.2, 0.25) is 5.02 Å². The second-order valence-corrected chi connectivity index (χ2v) is 7.41. The summed E-state index contributed by atoms with van der Waals surface area (Å²) in [5, 5.41) is 7.67. The van der Waals surface area contributed by atoms with Gasteiger partial charge < -0.3 is 10.6 Å². The summed E-state index contributed by atoms with van der Waals surface area (Å²) in [4.78, 5) is 39.0. The minimum atomic E-state index is -1.32. The van der Waals surface area contributed by atoms with Crippen molar-refractivity contribution >= 4 is 45.9 Å². The fourth-order valence-electron chi connectivity index (χ4n) is 3.56. The fraction of sp³-hybridized carbons (Fsp3) is 0.136. The number of hydrogen-bond acceptors (Lipinski definition) is 3. The number of fused-ring (bicyclic) bond motifs is 1. The molecule has 0 aromatic heterocycles. The highest BCUT2D eigenvalue weighted by Gasteiger charge is 2.50. The summed E-state index contributed by atoms with van der Waals surface area (Å²) in [7, 11) is 0. The molecule has 4 amide bonds. The molecule has 1 heterocycles. The van der Waals surface area contributed by atoms with E-state index in [1.807, 2.05) is 36.4 Å². The van der Waals surface area contributed by atoms with Crippen LogP contribution in [0.1, 0.15) is 12.5 Å². The summed E-state index contributed by atoms with van der Waals surface area (Å²) in [6, 6.07) is 19.4. The van der Waals surface area contributed by atoms with Gasteiger partial charge in [0.25, 0.3) is 5.91 Å². The van der Waals surface area contributed by atoms with E-state index in [1.165, 1.54) is 0 Å². The van der Waals surface area contributed by atoms with E-state index < -0.39 is 29.9 Å². The molecule has 7 heteroatoms. The first-order valence-corrected chi connectivity index (χ1v) is 9.45. The maximum atomic E-state index is 13.0. The van der Waals surface area contributed by atoms with E-state index in [0.717, 1.165) is 15.7 Å². The van der Waals surface area contributed by atoms with E-state index in [-0.39, 0.29) is 0 Å². The average Bonchev–Trinajstić information content (AvgIpc) is 2.92. The van der Waals surface area contributed by atoms with Gasteiger partial charge in [0.2, 0.25) is 5.91 Å². The third-order valence-corrected chi connectivity index (χ3v) is 5.38. The highest BCUT2D eigenvalue weighted by molar-refractivity contribution is 6.32. The summed E-state index contributed by atoms with van der Waals surface area (Å²) < 4.78 is 0. The van der Waals surface area contributed by atoms with Gasteiger partial charge in [-0.15, -0.1) is 0 Å². The Morgan fingerprint density at radius 1 is 1.03 bits per heavy atom. The standard InChI is InChI=1S/C22H18ClN3O3/c1-22(16-10-4-5-11-17(16)23)20(28)26(21(29)25-22)13-19(27)24-18-12-6-8-14-7-2-3-9-15(14)18/h2-12H,13H2,1H3,(H,24,27)(H,25,29)/t22-/m0/s1. The minimum absolute atomic E-state index is 0.366. The van der Waals surface area contributed by atoms with Crippen molar-refractivity contribution in [3.05, 3.63) is 77.3 Å². The highest BCUT2D eigenvalue weighted by Crippen LogP contribution is 2.33. The van der Waals surface area contributed by atoms with E-state index in [9.17, 15) is 14.4 Å². The molecule has 0 spiro atoms. The van der Waals surface area contributed by atoms with Crippen molar-refractivity contribution in [2.24, 2.45) is 0 Å². The number of hydrogen-bond donors (Lipinski definition) is 2. The zero-order chi connectivity index (χ0) is 20.6. The number of nitrogens with one attached hydrogen (secondary N) is 2. The Kier molecular flexibility index (Phi) is 4.72. The molecule has 3 aromatic rings. The molecule has 0 saturated carbocycles. The molecule has 3 aromatic carbocycles. The number of halogens is 1. The fourth-order valence-corrected chi connectivity index (χ4v) is 3.88. The molecular weight excluding hydrogens is 390 g/mol. The molecule has 2 N–H and O–H groups in total. The Bertz CT molecular complexity index is 1140.